The molecular weight excluding hydrogens is 384 g/mol. The van der Waals surface area contributed by atoms with Crippen molar-refractivity contribution in [1.29, 1.82) is 0 Å². The van der Waals surface area contributed by atoms with Gasteiger partial charge in [0.15, 0.2) is 18.1 Å². The van der Waals surface area contributed by atoms with Crippen molar-refractivity contribution >= 4 is 23.6 Å². The Balaban J connectivity index is 1.96. The molecule has 1 N–H and O–H groups in total. The molecule has 28 heavy (non-hydrogen) atoms. The summed E-state index contributed by atoms with van der Waals surface area (Å²) in [5.41, 5.74) is 1.01. The molecule has 0 fully saturated rings. The molecule has 0 aliphatic carbocycles. The second-order valence-corrected chi connectivity index (χ2v) is 6.23. The van der Waals surface area contributed by atoms with Gasteiger partial charge in [0.05, 0.1) is 26.9 Å². The highest BCUT2D eigenvalue weighted by atomic mass is 32.2. The second-order valence-electron chi connectivity index (χ2n) is 5.43. The fraction of sp³-hybridized carbons (Fsp3) is 0.316. The molecule has 0 unspecified atom stereocenters. The fourth-order valence-corrected chi connectivity index (χ4v) is 2.93. The first-order valence-electron chi connectivity index (χ1n) is 8.25. The van der Waals surface area contributed by atoms with E-state index in [9.17, 15) is 9.59 Å². The van der Waals surface area contributed by atoms with Gasteiger partial charge in [-0.15, -0.1) is 11.8 Å². The second kappa shape index (κ2) is 10.4. The molecule has 0 saturated heterocycles. The van der Waals surface area contributed by atoms with Crippen LogP contribution < -0.4 is 19.5 Å². The van der Waals surface area contributed by atoms with Gasteiger partial charge in [0.1, 0.15) is 10.8 Å². The van der Waals surface area contributed by atoms with E-state index in [1.54, 1.807) is 30.5 Å². The zero-order valence-electron chi connectivity index (χ0n) is 16.1. The van der Waals surface area contributed by atoms with Crippen molar-refractivity contribution in [3.8, 4) is 17.2 Å². The van der Waals surface area contributed by atoms with Crippen molar-refractivity contribution in [3.63, 3.8) is 0 Å². The Kier molecular flexibility index (Phi) is 7.94. The molecule has 0 aliphatic heterocycles. The fourth-order valence-electron chi connectivity index (χ4n) is 2.39. The minimum absolute atomic E-state index is 0.170. The number of methoxy groups -OCH3 is 3. The van der Waals surface area contributed by atoms with Crippen molar-refractivity contribution in [2.24, 2.45) is 0 Å². The van der Waals surface area contributed by atoms with Crippen LogP contribution in [0.5, 0.6) is 17.2 Å². The number of ether oxygens (including phenoxy) is 4. The normalized spacial score (nSPS) is 10.1. The third-order valence-electron chi connectivity index (χ3n) is 3.78. The van der Waals surface area contributed by atoms with Gasteiger partial charge in [0, 0.05) is 24.4 Å². The lowest BCUT2D eigenvalue weighted by Gasteiger charge is -2.14. The Bertz CT molecular complexity index is 843. The maximum absolute atomic E-state index is 12.2. The number of pyridine rings is 1. The lowest BCUT2D eigenvalue weighted by atomic mass is 10.1. The molecule has 8 nitrogen and oxygen atoms in total. The van der Waals surface area contributed by atoms with Crippen LogP contribution in [0.4, 0.5) is 0 Å². The van der Waals surface area contributed by atoms with Gasteiger partial charge in [-0.05, 0) is 24.5 Å². The largest absolute Gasteiger partial charge is 0.496 e. The van der Waals surface area contributed by atoms with Gasteiger partial charge >= 0.3 is 5.97 Å². The Labute approximate surface area is 167 Å². The summed E-state index contributed by atoms with van der Waals surface area (Å²) in [6.07, 6.45) is 3.40. The molecule has 0 saturated carbocycles. The van der Waals surface area contributed by atoms with Crippen LogP contribution in [0.1, 0.15) is 15.9 Å². The van der Waals surface area contributed by atoms with Crippen molar-refractivity contribution in [2.45, 2.75) is 11.6 Å². The highest BCUT2D eigenvalue weighted by molar-refractivity contribution is 7.98. The zero-order valence-corrected chi connectivity index (χ0v) is 16.9. The molecule has 1 amide bonds. The van der Waals surface area contributed by atoms with Crippen molar-refractivity contribution < 1.29 is 28.5 Å². The first-order chi connectivity index (χ1) is 13.5. The van der Waals surface area contributed by atoms with Gasteiger partial charge in [-0.2, -0.15) is 0 Å². The lowest BCUT2D eigenvalue weighted by molar-refractivity contribution is -0.124. The summed E-state index contributed by atoms with van der Waals surface area (Å²) >= 11 is 1.33. The molecular formula is C19H22N2O6S. The predicted molar refractivity (Wildman–Crippen MR) is 104 cm³/mol. The Morgan fingerprint density at radius 3 is 2.39 bits per heavy atom. The highest BCUT2D eigenvalue weighted by Gasteiger charge is 2.16. The van der Waals surface area contributed by atoms with E-state index in [0.29, 0.717) is 33.4 Å². The number of carbonyl (C=O) groups excluding carboxylic acids is 2. The van der Waals surface area contributed by atoms with Crippen LogP contribution in [0.25, 0.3) is 0 Å². The Hall–Kier alpha value is -2.94. The summed E-state index contributed by atoms with van der Waals surface area (Å²) in [4.78, 5) is 28.3. The molecule has 2 aromatic rings. The molecule has 1 aromatic heterocycles. The van der Waals surface area contributed by atoms with Gasteiger partial charge in [0.2, 0.25) is 0 Å². The van der Waals surface area contributed by atoms with Crippen LogP contribution in [0.3, 0.4) is 0 Å². The summed E-state index contributed by atoms with van der Waals surface area (Å²) in [5, 5.41) is 3.23. The first kappa shape index (κ1) is 21.4. The molecule has 1 aromatic carbocycles. The maximum Gasteiger partial charge on any atom is 0.341 e. The van der Waals surface area contributed by atoms with Gasteiger partial charge in [0.25, 0.3) is 5.91 Å². The monoisotopic (exact) mass is 406 g/mol. The molecule has 0 bridgehead atoms. The number of carbonyl (C=O) groups is 2. The van der Waals surface area contributed by atoms with E-state index in [1.165, 1.54) is 33.1 Å². The van der Waals surface area contributed by atoms with Gasteiger partial charge < -0.3 is 24.3 Å². The Morgan fingerprint density at radius 1 is 1.07 bits per heavy atom. The van der Waals surface area contributed by atoms with E-state index in [2.05, 4.69) is 10.3 Å². The molecule has 0 aliphatic rings. The van der Waals surface area contributed by atoms with Crippen LogP contribution in [-0.2, 0) is 16.1 Å². The third kappa shape index (κ3) is 5.29. The van der Waals surface area contributed by atoms with Gasteiger partial charge in [-0.25, -0.2) is 9.78 Å². The number of esters is 1. The molecule has 0 radical (unpaired) electrons. The number of nitrogens with one attached hydrogen (secondary N) is 1. The molecule has 150 valence electrons. The molecule has 9 heteroatoms. The smallest absolute Gasteiger partial charge is 0.341 e. The first-order valence-corrected chi connectivity index (χ1v) is 9.48. The van der Waals surface area contributed by atoms with Crippen LogP contribution in [0.2, 0.25) is 0 Å². The quantitative estimate of drug-likeness (QED) is 0.501. The van der Waals surface area contributed by atoms with E-state index in [1.807, 2.05) is 6.26 Å². The summed E-state index contributed by atoms with van der Waals surface area (Å²) in [6, 6.07) is 6.63. The van der Waals surface area contributed by atoms with Crippen LogP contribution in [-0.4, -0.2) is 51.1 Å². The third-order valence-corrected chi connectivity index (χ3v) is 4.49. The molecule has 0 spiro atoms. The van der Waals surface area contributed by atoms with E-state index in [-0.39, 0.29) is 6.54 Å². The topological polar surface area (TPSA) is 96.0 Å². The number of aromatic nitrogens is 1. The Morgan fingerprint density at radius 2 is 1.75 bits per heavy atom. The van der Waals surface area contributed by atoms with Crippen LogP contribution in [0.15, 0.2) is 35.5 Å². The SMILES string of the molecule is COc1cc(OC)c(OC)cc1CNC(=O)COC(=O)c1cccnc1SC. The zero-order chi connectivity index (χ0) is 20.5. The minimum atomic E-state index is -0.601. The number of nitrogens with zero attached hydrogens (tertiary/aromatic N) is 1. The average Bonchev–Trinajstić information content (AvgIpc) is 2.74. The minimum Gasteiger partial charge on any atom is -0.496 e. The standard InChI is InChI=1S/C19H22N2O6S/c1-24-14-9-16(26-3)15(25-2)8-12(14)10-21-17(22)11-27-19(23)13-6-5-7-20-18(13)28-4/h5-9H,10-11H2,1-4H3,(H,21,22). The molecule has 0 atom stereocenters. The van der Waals surface area contributed by atoms with Crippen LogP contribution >= 0.6 is 11.8 Å². The van der Waals surface area contributed by atoms with E-state index < -0.39 is 18.5 Å². The van der Waals surface area contributed by atoms with Crippen molar-refractivity contribution in [2.75, 3.05) is 34.2 Å². The van der Waals surface area contributed by atoms with Crippen molar-refractivity contribution in [3.05, 3.63) is 41.6 Å². The molecule has 2 rings (SSSR count). The van der Waals surface area contributed by atoms with Gasteiger partial charge in [-0.1, -0.05) is 0 Å². The maximum atomic E-state index is 12.2. The number of amides is 1. The van der Waals surface area contributed by atoms with Crippen LogP contribution in [0, 0.1) is 0 Å². The lowest BCUT2D eigenvalue weighted by Crippen LogP contribution is -2.28. The van der Waals surface area contributed by atoms with E-state index in [4.69, 9.17) is 18.9 Å². The number of benzene rings is 1. The summed E-state index contributed by atoms with van der Waals surface area (Å²) in [5.74, 6) is 0.524. The van der Waals surface area contributed by atoms with E-state index in [0.717, 1.165) is 0 Å². The summed E-state index contributed by atoms with van der Waals surface area (Å²) < 4.78 is 20.9. The number of hydrogen-bond acceptors (Lipinski definition) is 8. The van der Waals surface area contributed by atoms with Gasteiger partial charge in [-0.3, -0.25) is 4.79 Å². The van der Waals surface area contributed by atoms with Crippen molar-refractivity contribution in [1.82, 2.24) is 10.3 Å². The summed E-state index contributed by atoms with van der Waals surface area (Å²) in [6.45, 7) is -0.236. The molecule has 1 heterocycles. The predicted octanol–water partition coefficient (Wildman–Crippen LogP) is 2.30. The number of hydrogen-bond donors (Lipinski definition) is 1. The summed E-state index contributed by atoms with van der Waals surface area (Å²) in [7, 11) is 4.57. The average molecular weight is 406 g/mol. The number of thioether (sulfide) groups is 1. The highest BCUT2D eigenvalue weighted by Crippen LogP contribution is 2.34. The van der Waals surface area contributed by atoms with E-state index >= 15 is 0 Å². The number of rotatable bonds is 9.